The number of hydrogen-bond acceptors (Lipinski definition) is 3. The lowest BCUT2D eigenvalue weighted by atomic mass is 9.98. The van der Waals surface area contributed by atoms with Crippen LogP contribution in [0.5, 0.6) is 17.2 Å². The Morgan fingerprint density at radius 2 is 1.26 bits per heavy atom. The smallest absolute Gasteiger partial charge is 0.126 e. The molecular weight excluding hydrogens is 288 g/mol. The number of methoxy groups -OCH3 is 3. The lowest BCUT2D eigenvalue weighted by Crippen LogP contribution is -1.99. The van der Waals surface area contributed by atoms with E-state index in [0.29, 0.717) is 5.92 Å². The summed E-state index contributed by atoms with van der Waals surface area (Å²) in [6, 6.07) is 12.0. The van der Waals surface area contributed by atoms with Crippen LogP contribution in [0.15, 0.2) is 36.4 Å². The van der Waals surface area contributed by atoms with Gasteiger partial charge in [-0.2, -0.15) is 0 Å². The van der Waals surface area contributed by atoms with Crippen molar-refractivity contribution in [3.63, 3.8) is 0 Å². The fraction of sp³-hybridized carbons (Fsp3) is 0.300. The first-order valence-corrected chi connectivity index (χ1v) is 7.67. The van der Waals surface area contributed by atoms with Crippen molar-refractivity contribution in [3.05, 3.63) is 53.1 Å². The van der Waals surface area contributed by atoms with Crippen LogP contribution in [0.3, 0.4) is 0 Å². The van der Waals surface area contributed by atoms with Crippen molar-refractivity contribution >= 4 is 12.2 Å². The maximum atomic E-state index is 5.54. The first kappa shape index (κ1) is 16.9. The predicted molar refractivity (Wildman–Crippen MR) is 95.6 cm³/mol. The van der Waals surface area contributed by atoms with Gasteiger partial charge in [0.1, 0.15) is 17.2 Å². The second-order valence-corrected chi connectivity index (χ2v) is 5.60. The Morgan fingerprint density at radius 1 is 0.739 bits per heavy atom. The molecule has 0 spiro atoms. The molecule has 0 saturated heterocycles. The summed E-state index contributed by atoms with van der Waals surface area (Å²) in [6.45, 7) is 4.26. The maximum absolute atomic E-state index is 5.54. The minimum absolute atomic E-state index is 0.333. The highest BCUT2D eigenvalue weighted by molar-refractivity contribution is 5.72. The third-order valence-electron chi connectivity index (χ3n) is 3.73. The van der Waals surface area contributed by atoms with Crippen molar-refractivity contribution in [2.75, 3.05) is 21.3 Å². The van der Waals surface area contributed by atoms with Crippen LogP contribution in [0.2, 0.25) is 0 Å². The van der Waals surface area contributed by atoms with Crippen LogP contribution >= 0.6 is 0 Å². The van der Waals surface area contributed by atoms with E-state index in [2.05, 4.69) is 26.0 Å². The molecule has 0 unspecified atom stereocenters. The lowest BCUT2D eigenvalue weighted by molar-refractivity contribution is 0.382. The molecule has 0 aliphatic heterocycles. The maximum Gasteiger partial charge on any atom is 0.126 e. The van der Waals surface area contributed by atoms with Gasteiger partial charge in [-0.3, -0.25) is 0 Å². The summed E-state index contributed by atoms with van der Waals surface area (Å²) < 4.78 is 16.3. The van der Waals surface area contributed by atoms with Gasteiger partial charge in [-0.1, -0.05) is 38.1 Å². The molecule has 0 fully saturated rings. The molecule has 0 N–H and O–H groups in total. The highest BCUT2D eigenvalue weighted by atomic mass is 16.5. The third-order valence-corrected chi connectivity index (χ3v) is 3.73. The predicted octanol–water partition coefficient (Wildman–Crippen LogP) is 5.01. The molecule has 0 saturated carbocycles. The van der Waals surface area contributed by atoms with Gasteiger partial charge in [0.2, 0.25) is 0 Å². The number of rotatable bonds is 6. The molecule has 0 radical (unpaired) electrons. The molecule has 0 aliphatic rings. The van der Waals surface area contributed by atoms with Crippen LogP contribution in [-0.4, -0.2) is 21.3 Å². The van der Waals surface area contributed by atoms with Crippen LogP contribution < -0.4 is 14.2 Å². The second-order valence-electron chi connectivity index (χ2n) is 5.60. The van der Waals surface area contributed by atoms with Crippen LogP contribution in [0.1, 0.15) is 36.5 Å². The van der Waals surface area contributed by atoms with Gasteiger partial charge in [0.15, 0.2) is 0 Å². The minimum Gasteiger partial charge on any atom is -0.497 e. The van der Waals surface area contributed by atoms with Gasteiger partial charge in [0.25, 0.3) is 0 Å². The van der Waals surface area contributed by atoms with E-state index >= 15 is 0 Å². The van der Waals surface area contributed by atoms with Crippen LogP contribution in [0.25, 0.3) is 12.2 Å². The lowest BCUT2D eigenvalue weighted by Gasteiger charge is -2.17. The summed E-state index contributed by atoms with van der Waals surface area (Å²) in [5.74, 6) is 2.90. The molecule has 0 bridgehead atoms. The molecule has 122 valence electrons. The zero-order valence-corrected chi connectivity index (χ0v) is 14.4. The molecule has 2 rings (SSSR count). The molecule has 0 aromatic heterocycles. The molecule has 0 atom stereocenters. The SMILES string of the molecule is COc1ccc(C=Cc2cc(OC)c(C(C)C)c(OC)c2)cc1. The van der Waals surface area contributed by atoms with Gasteiger partial charge in [0.05, 0.1) is 21.3 Å². The summed E-state index contributed by atoms with van der Waals surface area (Å²) in [6.07, 6.45) is 4.11. The normalized spacial score (nSPS) is 11.0. The van der Waals surface area contributed by atoms with Crippen LogP contribution in [-0.2, 0) is 0 Å². The summed E-state index contributed by atoms with van der Waals surface area (Å²) >= 11 is 0. The number of benzene rings is 2. The molecule has 0 aliphatic carbocycles. The van der Waals surface area contributed by atoms with Gasteiger partial charge in [0, 0.05) is 5.56 Å². The van der Waals surface area contributed by atoms with E-state index in [1.54, 1.807) is 21.3 Å². The van der Waals surface area contributed by atoms with E-state index in [1.807, 2.05) is 36.4 Å². The van der Waals surface area contributed by atoms with Gasteiger partial charge in [-0.05, 0) is 41.3 Å². The summed E-state index contributed by atoms with van der Waals surface area (Å²) in [7, 11) is 5.05. The van der Waals surface area contributed by atoms with E-state index in [0.717, 1.165) is 33.9 Å². The Morgan fingerprint density at radius 3 is 1.70 bits per heavy atom. The molecule has 23 heavy (non-hydrogen) atoms. The van der Waals surface area contributed by atoms with E-state index < -0.39 is 0 Å². The monoisotopic (exact) mass is 312 g/mol. The largest absolute Gasteiger partial charge is 0.497 e. The van der Waals surface area contributed by atoms with Gasteiger partial charge in [-0.15, -0.1) is 0 Å². The van der Waals surface area contributed by atoms with E-state index in [4.69, 9.17) is 14.2 Å². The second kappa shape index (κ2) is 7.73. The van der Waals surface area contributed by atoms with Crippen molar-refractivity contribution in [2.45, 2.75) is 19.8 Å². The molecule has 2 aromatic rings. The molecule has 0 amide bonds. The Kier molecular flexibility index (Phi) is 5.69. The van der Waals surface area contributed by atoms with E-state index in [-0.39, 0.29) is 0 Å². The van der Waals surface area contributed by atoms with Gasteiger partial charge >= 0.3 is 0 Å². The van der Waals surface area contributed by atoms with Gasteiger partial charge in [-0.25, -0.2) is 0 Å². The zero-order valence-electron chi connectivity index (χ0n) is 14.4. The quantitative estimate of drug-likeness (QED) is 0.702. The highest BCUT2D eigenvalue weighted by Gasteiger charge is 2.14. The summed E-state index contributed by atoms with van der Waals surface area (Å²) in [4.78, 5) is 0. The fourth-order valence-electron chi connectivity index (χ4n) is 2.53. The first-order chi connectivity index (χ1) is 11.1. The third kappa shape index (κ3) is 4.07. The van der Waals surface area contributed by atoms with Gasteiger partial charge < -0.3 is 14.2 Å². The Hall–Kier alpha value is -2.42. The number of ether oxygens (including phenoxy) is 3. The van der Waals surface area contributed by atoms with E-state index in [9.17, 15) is 0 Å². The van der Waals surface area contributed by atoms with Crippen molar-refractivity contribution < 1.29 is 14.2 Å². The minimum atomic E-state index is 0.333. The Bertz CT molecular complexity index is 645. The van der Waals surface area contributed by atoms with Crippen molar-refractivity contribution in [1.29, 1.82) is 0 Å². The Labute approximate surface area is 138 Å². The summed E-state index contributed by atoms with van der Waals surface area (Å²) in [5.41, 5.74) is 3.24. The first-order valence-electron chi connectivity index (χ1n) is 7.67. The molecule has 3 heteroatoms. The molecule has 0 heterocycles. The molecular formula is C20H24O3. The fourth-order valence-corrected chi connectivity index (χ4v) is 2.53. The average molecular weight is 312 g/mol. The van der Waals surface area contributed by atoms with Crippen LogP contribution in [0, 0.1) is 0 Å². The van der Waals surface area contributed by atoms with Crippen molar-refractivity contribution in [2.24, 2.45) is 0 Å². The van der Waals surface area contributed by atoms with E-state index in [1.165, 1.54) is 0 Å². The molecule has 2 aromatic carbocycles. The average Bonchev–Trinajstić information content (AvgIpc) is 2.59. The number of hydrogen-bond donors (Lipinski definition) is 0. The Balaban J connectivity index is 2.33. The van der Waals surface area contributed by atoms with Crippen molar-refractivity contribution in [1.82, 2.24) is 0 Å². The standard InChI is InChI=1S/C20H24O3/c1-14(2)20-18(22-4)12-16(13-19(20)23-5)7-6-15-8-10-17(21-3)11-9-15/h6-14H,1-5H3. The zero-order chi connectivity index (χ0) is 16.8. The highest BCUT2D eigenvalue weighted by Crippen LogP contribution is 2.36. The van der Waals surface area contributed by atoms with Crippen LogP contribution in [0.4, 0.5) is 0 Å². The van der Waals surface area contributed by atoms with Crippen molar-refractivity contribution in [3.8, 4) is 17.2 Å². The molecule has 3 nitrogen and oxygen atoms in total. The summed E-state index contributed by atoms with van der Waals surface area (Å²) in [5, 5.41) is 0. The topological polar surface area (TPSA) is 27.7 Å².